The van der Waals surface area contributed by atoms with Gasteiger partial charge < -0.3 is 10.4 Å². The topological polar surface area (TPSA) is 32.3 Å². The Hall–Kier alpha value is -0.280. The maximum absolute atomic E-state index is 10.5. The summed E-state index contributed by atoms with van der Waals surface area (Å²) in [5.41, 5.74) is 0.424. The highest BCUT2D eigenvalue weighted by molar-refractivity contribution is 6.33. The maximum atomic E-state index is 10.5. The summed E-state index contributed by atoms with van der Waals surface area (Å²) in [5.74, 6) is 0. The number of aliphatic hydroxyl groups is 1. The summed E-state index contributed by atoms with van der Waals surface area (Å²) in [6, 6.07) is 5.46. The maximum Gasteiger partial charge on any atom is 0.0771 e. The van der Waals surface area contributed by atoms with E-state index in [-0.39, 0.29) is 0 Å². The van der Waals surface area contributed by atoms with Gasteiger partial charge in [0, 0.05) is 23.1 Å². The number of rotatable bonds is 4. The van der Waals surface area contributed by atoms with Crippen molar-refractivity contribution in [3.8, 4) is 0 Å². The summed E-state index contributed by atoms with van der Waals surface area (Å²) in [4.78, 5) is 0. The van der Waals surface area contributed by atoms with E-state index in [4.69, 9.17) is 23.2 Å². The third kappa shape index (κ3) is 4.64. The lowest BCUT2D eigenvalue weighted by molar-refractivity contribution is 0.0250. The molecule has 0 unspecified atom stereocenters. The zero-order valence-corrected chi connectivity index (χ0v) is 12.6. The van der Waals surface area contributed by atoms with Crippen molar-refractivity contribution in [2.45, 2.75) is 50.7 Å². The van der Waals surface area contributed by atoms with Crippen LogP contribution in [0, 0.1) is 0 Å². The molecule has 1 aliphatic carbocycles. The third-order valence-corrected chi connectivity index (χ3v) is 4.42. The molecule has 0 bridgehead atoms. The van der Waals surface area contributed by atoms with Crippen LogP contribution in [-0.2, 0) is 6.54 Å². The highest BCUT2D eigenvalue weighted by atomic mass is 35.5. The first-order chi connectivity index (χ1) is 9.09. The van der Waals surface area contributed by atoms with E-state index in [1.807, 2.05) is 6.07 Å². The molecule has 2 N–H and O–H groups in total. The van der Waals surface area contributed by atoms with Crippen LogP contribution < -0.4 is 5.32 Å². The van der Waals surface area contributed by atoms with E-state index >= 15 is 0 Å². The predicted octanol–water partition coefficient (Wildman–Crippen LogP) is 4.17. The SMILES string of the molecule is OC1(CNCc2cc(Cl)ccc2Cl)CCCCCC1. The molecule has 0 saturated heterocycles. The summed E-state index contributed by atoms with van der Waals surface area (Å²) < 4.78 is 0. The Labute approximate surface area is 125 Å². The molecule has 2 nitrogen and oxygen atoms in total. The summed E-state index contributed by atoms with van der Waals surface area (Å²) in [6.07, 6.45) is 6.50. The van der Waals surface area contributed by atoms with Crippen LogP contribution in [0.4, 0.5) is 0 Å². The zero-order valence-electron chi connectivity index (χ0n) is 11.1. The normalized spacial score (nSPS) is 19.1. The van der Waals surface area contributed by atoms with Crippen LogP contribution in [0.2, 0.25) is 10.0 Å². The minimum atomic E-state index is -0.554. The van der Waals surface area contributed by atoms with Gasteiger partial charge in [0.25, 0.3) is 0 Å². The van der Waals surface area contributed by atoms with E-state index in [0.717, 1.165) is 31.2 Å². The lowest BCUT2D eigenvalue weighted by Crippen LogP contribution is -2.39. The molecule has 0 atom stereocenters. The summed E-state index contributed by atoms with van der Waals surface area (Å²) in [7, 11) is 0. The molecular weight excluding hydrogens is 281 g/mol. The number of hydrogen-bond donors (Lipinski definition) is 2. The van der Waals surface area contributed by atoms with E-state index in [1.165, 1.54) is 12.8 Å². The average molecular weight is 302 g/mol. The number of nitrogens with one attached hydrogen (secondary N) is 1. The van der Waals surface area contributed by atoms with Crippen molar-refractivity contribution in [3.05, 3.63) is 33.8 Å². The Morgan fingerprint density at radius 3 is 2.47 bits per heavy atom. The van der Waals surface area contributed by atoms with Gasteiger partial charge in [-0.05, 0) is 36.6 Å². The smallest absolute Gasteiger partial charge is 0.0771 e. The number of benzene rings is 1. The standard InChI is InChI=1S/C15H21Cl2NO/c16-13-5-6-14(17)12(9-13)10-18-11-15(19)7-3-1-2-4-8-15/h5-6,9,18-19H,1-4,7-8,10-11H2. The molecule has 1 aromatic carbocycles. The van der Waals surface area contributed by atoms with Crippen LogP contribution in [-0.4, -0.2) is 17.3 Å². The molecule has 1 fully saturated rings. The fourth-order valence-electron chi connectivity index (χ4n) is 2.67. The molecule has 1 aliphatic rings. The molecule has 0 radical (unpaired) electrons. The molecule has 0 aliphatic heterocycles. The monoisotopic (exact) mass is 301 g/mol. The Balaban J connectivity index is 1.86. The summed E-state index contributed by atoms with van der Waals surface area (Å²) in [5, 5.41) is 15.2. The van der Waals surface area contributed by atoms with Crippen molar-refractivity contribution in [1.29, 1.82) is 0 Å². The van der Waals surface area contributed by atoms with Crippen LogP contribution in [0.1, 0.15) is 44.1 Å². The van der Waals surface area contributed by atoms with Crippen LogP contribution in [0.15, 0.2) is 18.2 Å². The fraction of sp³-hybridized carbons (Fsp3) is 0.600. The van der Waals surface area contributed by atoms with E-state index in [9.17, 15) is 5.11 Å². The van der Waals surface area contributed by atoms with Gasteiger partial charge in [0.1, 0.15) is 0 Å². The Morgan fingerprint density at radius 2 is 1.79 bits per heavy atom. The molecule has 0 amide bonds. The fourth-order valence-corrected chi connectivity index (χ4v) is 3.05. The van der Waals surface area contributed by atoms with E-state index < -0.39 is 5.60 Å². The first-order valence-electron chi connectivity index (χ1n) is 6.96. The van der Waals surface area contributed by atoms with Crippen molar-refractivity contribution < 1.29 is 5.11 Å². The quantitative estimate of drug-likeness (QED) is 0.818. The van der Waals surface area contributed by atoms with Gasteiger partial charge >= 0.3 is 0 Å². The van der Waals surface area contributed by atoms with E-state index in [2.05, 4.69) is 5.32 Å². The van der Waals surface area contributed by atoms with Gasteiger partial charge in [0.2, 0.25) is 0 Å². The predicted molar refractivity (Wildman–Crippen MR) is 80.8 cm³/mol. The van der Waals surface area contributed by atoms with Gasteiger partial charge in [-0.3, -0.25) is 0 Å². The van der Waals surface area contributed by atoms with Gasteiger partial charge in [0.15, 0.2) is 0 Å². The number of hydrogen-bond acceptors (Lipinski definition) is 2. The van der Waals surface area contributed by atoms with Gasteiger partial charge in [-0.15, -0.1) is 0 Å². The lowest BCUT2D eigenvalue weighted by atomic mass is 9.94. The zero-order chi connectivity index (χ0) is 13.7. The van der Waals surface area contributed by atoms with Crippen molar-refractivity contribution >= 4 is 23.2 Å². The van der Waals surface area contributed by atoms with Gasteiger partial charge in [-0.25, -0.2) is 0 Å². The summed E-state index contributed by atoms with van der Waals surface area (Å²) in [6.45, 7) is 1.26. The Bertz CT molecular complexity index is 415. The second-order valence-corrected chi connectivity index (χ2v) is 6.32. The second-order valence-electron chi connectivity index (χ2n) is 5.48. The molecule has 0 aromatic heterocycles. The largest absolute Gasteiger partial charge is 0.389 e. The Morgan fingerprint density at radius 1 is 1.11 bits per heavy atom. The van der Waals surface area contributed by atoms with Crippen molar-refractivity contribution in [2.24, 2.45) is 0 Å². The first kappa shape index (κ1) is 15.1. The lowest BCUT2D eigenvalue weighted by Gasteiger charge is -2.27. The highest BCUT2D eigenvalue weighted by Crippen LogP contribution is 2.26. The Kier molecular flexibility index (Phi) is 5.52. The van der Waals surface area contributed by atoms with Gasteiger partial charge in [-0.1, -0.05) is 48.9 Å². The van der Waals surface area contributed by atoms with Gasteiger partial charge in [-0.2, -0.15) is 0 Å². The van der Waals surface area contributed by atoms with Crippen molar-refractivity contribution in [1.82, 2.24) is 5.32 Å². The van der Waals surface area contributed by atoms with E-state index in [0.29, 0.717) is 23.1 Å². The molecule has 1 saturated carbocycles. The molecule has 19 heavy (non-hydrogen) atoms. The molecular formula is C15H21Cl2NO. The second kappa shape index (κ2) is 6.94. The van der Waals surface area contributed by atoms with E-state index in [1.54, 1.807) is 12.1 Å². The molecule has 4 heteroatoms. The highest BCUT2D eigenvalue weighted by Gasteiger charge is 2.27. The van der Waals surface area contributed by atoms with Crippen LogP contribution in [0.25, 0.3) is 0 Å². The van der Waals surface area contributed by atoms with Crippen LogP contribution in [0.3, 0.4) is 0 Å². The molecule has 0 spiro atoms. The van der Waals surface area contributed by atoms with Crippen LogP contribution >= 0.6 is 23.2 Å². The first-order valence-corrected chi connectivity index (χ1v) is 7.72. The van der Waals surface area contributed by atoms with Crippen molar-refractivity contribution in [2.75, 3.05) is 6.54 Å². The third-order valence-electron chi connectivity index (χ3n) is 3.81. The molecule has 1 aromatic rings. The van der Waals surface area contributed by atoms with Crippen molar-refractivity contribution in [3.63, 3.8) is 0 Å². The number of halogens is 2. The van der Waals surface area contributed by atoms with Gasteiger partial charge in [0.05, 0.1) is 5.60 Å². The minimum absolute atomic E-state index is 0.554. The van der Waals surface area contributed by atoms with Crippen LogP contribution in [0.5, 0.6) is 0 Å². The molecule has 106 valence electrons. The molecule has 0 heterocycles. The average Bonchev–Trinajstić information content (AvgIpc) is 2.59. The summed E-state index contributed by atoms with van der Waals surface area (Å²) >= 11 is 12.1. The molecule has 2 rings (SSSR count). The minimum Gasteiger partial charge on any atom is -0.389 e.